The second kappa shape index (κ2) is 6.04. The van der Waals surface area contributed by atoms with Crippen molar-refractivity contribution < 1.29 is 9.90 Å². The number of pyridine rings is 1. The maximum Gasteiger partial charge on any atom is 0.354 e. The van der Waals surface area contributed by atoms with Crippen molar-refractivity contribution in [3.05, 3.63) is 71.3 Å². The lowest BCUT2D eigenvalue weighted by atomic mass is 10.1. The molecule has 0 radical (unpaired) electrons. The van der Waals surface area contributed by atoms with Crippen LogP contribution in [0.4, 0.5) is 0 Å². The maximum atomic E-state index is 11.7. The van der Waals surface area contributed by atoms with Crippen molar-refractivity contribution in [2.75, 3.05) is 0 Å². The van der Waals surface area contributed by atoms with Crippen LogP contribution in [0.1, 0.15) is 27.3 Å². The number of imidazole rings is 1. The van der Waals surface area contributed by atoms with Gasteiger partial charge in [-0.05, 0) is 37.1 Å². The molecule has 3 rings (SSSR count). The van der Waals surface area contributed by atoms with E-state index < -0.39 is 5.97 Å². The smallest absolute Gasteiger partial charge is 0.354 e. The highest BCUT2D eigenvalue weighted by molar-refractivity contribution is 5.88. The van der Waals surface area contributed by atoms with Crippen molar-refractivity contribution in [1.29, 1.82) is 0 Å². The first-order chi connectivity index (χ1) is 11.1. The van der Waals surface area contributed by atoms with Crippen LogP contribution < -0.4 is 0 Å². The molecule has 0 amide bonds. The number of carbonyl (C=O) groups is 1. The molecule has 0 fully saturated rings. The average molecular weight is 307 g/mol. The molecule has 116 valence electrons. The van der Waals surface area contributed by atoms with Crippen molar-refractivity contribution in [2.24, 2.45) is 0 Å². The second-order valence-corrected chi connectivity index (χ2v) is 5.43. The number of aromatic nitrogens is 3. The standard InChI is InChI=1S/C18H17N3O2/c1-12-6-3-4-7-15(12)11-21-16(18(22)23)13(2)20-17(21)14-8-5-9-19-10-14/h3-10H,11H2,1-2H3,(H,22,23). The highest BCUT2D eigenvalue weighted by Crippen LogP contribution is 2.24. The summed E-state index contributed by atoms with van der Waals surface area (Å²) in [6.07, 6.45) is 3.38. The highest BCUT2D eigenvalue weighted by atomic mass is 16.4. The lowest BCUT2D eigenvalue weighted by Crippen LogP contribution is -2.12. The van der Waals surface area contributed by atoms with Crippen LogP contribution in [-0.2, 0) is 6.54 Å². The molecular weight excluding hydrogens is 290 g/mol. The van der Waals surface area contributed by atoms with E-state index in [0.29, 0.717) is 18.1 Å². The number of aryl methyl sites for hydroxylation is 2. The van der Waals surface area contributed by atoms with Gasteiger partial charge in [0.2, 0.25) is 0 Å². The van der Waals surface area contributed by atoms with E-state index >= 15 is 0 Å². The summed E-state index contributed by atoms with van der Waals surface area (Å²) >= 11 is 0. The third kappa shape index (κ3) is 2.85. The topological polar surface area (TPSA) is 68.0 Å². The number of hydrogen-bond donors (Lipinski definition) is 1. The average Bonchev–Trinajstić information content (AvgIpc) is 2.87. The van der Waals surface area contributed by atoms with Crippen LogP contribution in [-0.4, -0.2) is 25.6 Å². The van der Waals surface area contributed by atoms with Crippen LogP contribution in [0, 0.1) is 13.8 Å². The quantitative estimate of drug-likeness (QED) is 0.803. The van der Waals surface area contributed by atoms with Gasteiger partial charge in [0.15, 0.2) is 5.69 Å². The fourth-order valence-electron chi connectivity index (χ4n) is 2.67. The fourth-order valence-corrected chi connectivity index (χ4v) is 2.67. The molecule has 1 N–H and O–H groups in total. The van der Waals surface area contributed by atoms with E-state index in [1.165, 1.54) is 0 Å². The van der Waals surface area contributed by atoms with Gasteiger partial charge in [-0.3, -0.25) is 4.98 Å². The summed E-state index contributed by atoms with van der Waals surface area (Å²) in [5.74, 6) is -0.352. The predicted octanol–water partition coefficient (Wildman–Crippen LogP) is 3.31. The number of hydrogen-bond acceptors (Lipinski definition) is 3. The Balaban J connectivity index is 2.17. The Hall–Kier alpha value is -2.95. The molecule has 0 saturated heterocycles. The zero-order chi connectivity index (χ0) is 16.4. The fraction of sp³-hybridized carbons (Fsp3) is 0.167. The summed E-state index contributed by atoms with van der Waals surface area (Å²) in [7, 11) is 0. The number of nitrogens with zero attached hydrogens (tertiary/aromatic N) is 3. The minimum absolute atomic E-state index is 0.215. The predicted molar refractivity (Wildman–Crippen MR) is 87.4 cm³/mol. The largest absolute Gasteiger partial charge is 0.477 e. The molecule has 0 unspecified atom stereocenters. The van der Waals surface area contributed by atoms with Gasteiger partial charge >= 0.3 is 5.97 Å². The third-order valence-electron chi connectivity index (χ3n) is 3.85. The normalized spacial score (nSPS) is 10.7. The lowest BCUT2D eigenvalue weighted by Gasteiger charge is -2.12. The van der Waals surface area contributed by atoms with Crippen molar-refractivity contribution in [2.45, 2.75) is 20.4 Å². The first-order valence-corrected chi connectivity index (χ1v) is 7.33. The minimum atomic E-state index is -0.973. The molecule has 2 heterocycles. The van der Waals surface area contributed by atoms with Crippen molar-refractivity contribution in [3.63, 3.8) is 0 Å². The van der Waals surface area contributed by atoms with Gasteiger partial charge in [0.1, 0.15) is 5.82 Å². The number of aromatic carboxylic acids is 1. The SMILES string of the molecule is Cc1ccccc1Cn1c(-c2cccnc2)nc(C)c1C(=O)O. The molecule has 5 nitrogen and oxygen atoms in total. The van der Waals surface area contributed by atoms with Crippen molar-refractivity contribution in [1.82, 2.24) is 14.5 Å². The van der Waals surface area contributed by atoms with Gasteiger partial charge in [0, 0.05) is 18.0 Å². The molecule has 5 heteroatoms. The van der Waals surface area contributed by atoms with Gasteiger partial charge in [0.25, 0.3) is 0 Å². The van der Waals surface area contributed by atoms with Gasteiger partial charge in [-0.2, -0.15) is 0 Å². The van der Waals surface area contributed by atoms with Crippen molar-refractivity contribution in [3.8, 4) is 11.4 Å². The Morgan fingerprint density at radius 3 is 2.61 bits per heavy atom. The van der Waals surface area contributed by atoms with E-state index in [-0.39, 0.29) is 5.69 Å². The second-order valence-electron chi connectivity index (χ2n) is 5.43. The summed E-state index contributed by atoms with van der Waals surface area (Å²) in [5.41, 5.74) is 3.71. The highest BCUT2D eigenvalue weighted by Gasteiger charge is 2.21. The van der Waals surface area contributed by atoms with E-state index in [4.69, 9.17) is 0 Å². The molecule has 23 heavy (non-hydrogen) atoms. The molecule has 0 aliphatic carbocycles. The van der Waals surface area contributed by atoms with Crippen LogP contribution in [0.15, 0.2) is 48.8 Å². The molecule has 0 saturated carbocycles. The number of carboxylic acids is 1. The zero-order valence-corrected chi connectivity index (χ0v) is 13.0. The Kier molecular flexibility index (Phi) is 3.93. The molecular formula is C18H17N3O2. The van der Waals surface area contributed by atoms with Crippen LogP contribution in [0.5, 0.6) is 0 Å². The van der Waals surface area contributed by atoms with Crippen LogP contribution in [0.2, 0.25) is 0 Å². The van der Waals surface area contributed by atoms with E-state index in [1.54, 1.807) is 23.9 Å². The van der Waals surface area contributed by atoms with Crippen LogP contribution in [0.25, 0.3) is 11.4 Å². The third-order valence-corrected chi connectivity index (χ3v) is 3.85. The van der Waals surface area contributed by atoms with Crippen LogP contribution >= 0.6 is 0 Å². The molecule has 0 atom stereocenters. The molecule has 0 aliphatic rings. The molecule has 0 bridgehead atoms. The van der Waals surface area contributed by atoms with Crippen molar-refractivity contribution >= 4 is 5.97 Å². The monoisotopic (exact) mass is 307 g/mol. The maximum absolute atomic E-state index is 11.7. The number of carboxylic acid groups (broad SMARTS) is 1. The summed E-state index contributed by atoms with van der Waals surface area (Å²) < 4.78 is 1.75. The van der Waals surface area contributed by atoms with E-state index in [1.807, 2.05) is 43.3 Å². The van der Waals surface area contributed by atoms with Gasteiger partial charge in [-0.25, -0.2) is 9.78 Å². The van der Waals surface area contributed by atoms with Gasteiger partial charge < -0.3 is 9.67 Å². The Labute approximate surface area is 134 Å². The van der Waals surface area contributed by atoms with Crippen LogP contribution in [0.3, 0.4) is 0 Å². The van der Waals surface area contributed by atoms with Gasteiger partial charge in [0.05, 0.1) is 12.2 Å². The molecule has 2 aromatic heterocycles. The van der Waals surface area contributed by atoms with E-state index in [9.17, 15) is 9.90 Å². The zero-order valence-electron chi connectivity index (χ0n) is 13.0. The number of benzene rings is 1. The molecule has 0 aliphatic heterocycles. The first kappa shape index (κ1) is 15.0. The molecule has 0 spiro atoms. The summed E-state index contributed by atoms with van der Waals surface area (Å²) in [6, 6.07) is 11.6. The number of rotatable bonds is 4. The summed E-state index contributed by atoms with van der Waals surface area (Å²) in [6.45, 7) is 4.19. The minimum Gasteiger partial charge on any atom is -0.477 e. The summed E-state index contributed by atoms with van der Waals surface area (Å²) in [4.78, 5) is 20.3. The van der Waals surface area contributed by atoms with E-state index in [0.717, 1.165) is 16.7 Å². The molecule has 3 aromatic rings. The molecule has 1 aromatic carbocycles. The Morgan fingerprint density at radius 1 is 1.17 bits per heavy atom. The Morgan fingerprint density at radius 2 is 1.96 bits per heavy atom. The van der Waals surface area contributed by atoms with Gasteiger partial charge in [-0.15, -0.1) is 0 Å². The first-order valence-electron chi connectivity index (χ1n) is 7.33. The van der Waals surface area contributed by atoms with Gasteiger partial charge in [-0.1, -0.05) is 24.3 Å². The Bertz CT molecular complexity index is 854. The summed E-state index contributed by atoms with van der Waals surface area (Å²) in [5, 5.41) is 9.58. The van der Waals surface area contributed by atoms with E-state index in [2.05, 4.69) is 9.97 Å². The lowest BCUT2D eigenvalue weighted by molar-refractivity contribution is 0.0685.